The topological polar surface area (TPSA) is 55.8 Å². The number of methoxy groups -OCH3 is 1. The molecule has 2 fully saturated rings. The molecule has 2 rings (SSSR count). The minimum Gasteiger partial charge on any atom is -0.466 e. The standard InChI is InChI=1S/C16H25NO4/c1-16(2,3)21-15(19)17-12-6-5-7-13(17)9-11(8-12)10-14(18)20-4/h10,12-13H,5-9H2,1-4H3. The van der Waals surface area contributed by atoms with E-state index >= 15 is 0 Å². The minimum absolute atomic E-state index is 0.142. The second kappa shape index (κ2) is 6.08. The third-order valence-corrected chi connectivity index (χ3v) is 3.98. The van der Waals surface area contributed by atoms with Crippen molar-refractivity contribution in [3.63, 3.8) is 0 Å². The molecule has 0 saturated carbocycles. The van der Waals surface area contributed by atoms with Gasteiger partial charge in [-0.2, -0.15) is 0 Å². The van der Waals surface area contributed by atoms with Gasteiger partial charge in [0.15, 0.2) is 0 Å². The smallest absolute Gasteiger partial charge is 0.410 e. The number of rotatable bonds is 1. The highest BCUT2D eigenvalue weighted by molar-refractivity contribution is 5.82. The van der Waals surface area contributed by atoms with Gasteiger partial charge in [0.05, 0.1) is 7.11 Å². The number of fused-ring (bicyclic) bond motifs is 2. The van der Waals surface area contributed by atoms with Crippen LogP contribution in [-0.4, -0.2) is 41.8 Å². The van der Waals surface area contributed by atoms with Crippen LogP contribution in [0.4, 0.5) is 4.79 Å². The van der Waals surface area contributed by atoms with Crippen LogP contribution in [-0.2, 0) is 14.3 Å². The first-order chi connectivity index (χ1) is 9.80. The maximum absolute atomic E-state index is 12.4. The monoisotopic (exact) mass is 295 g/mol. The predicted octanol–water partition coefficient (Wildman–Crippen LogP) is 3.04. The van der Waals surface area contributed by atoms with Gasteiger partial charge in [-0.1, -0.05) is 5.57 Å². The SMILES string of the molecule is COC(=O)C=C1CC2CCCC(C1)N2C(=O)OC(C)(C)C. The summed E-state index contributed by atoms with van der Waals surface area (Å²) < 4.78 is 10.2. The Labute approximate surface area is 126 Å². The highest BCUT2D eigenvalue weighted by Gasteiger charge is 2.40. The zero-order valence-electron chi connectivity index (χ0n) is 13.3. The fraction of sp³-hybridized carbons (Fsp3) is 0.750. The van der Waals surface area contributed by atoms with Gasteiger partial charge in [-0.3, -0.25) is 0 Å². The molecule has 2 heterocycles. The molecule has 1 amide bonds. The van der Waals surface area contributed by atoms with Gasteiger partial charge >= 0.3 is 12.1 Å². The Morgan fingerprint density at radius 2 is 1.76 bits per heavy atom. The van der Waals surface area contributed by atoms with Crippen LogP contribution < -0.4 is 0 Å². The van der Waals surface area contributed by atoms with E-state index in [1.807, 2.05) is 25.7 Å². The zero-order valence-corrected chi connectivity index (χ0v) is 13.3. The van der Waals surface area contributed by atoms with Gasteiger partial charge < -0.3 is 14.4 Å². The van der Waals surface area contributed by atoms with E-state index in [9.17, 15) is 9.59 Å². The van der Waals surface area contributed by atoms with E-state index in [1.165, 1.54) is 7.11 Å². The largest absolute Gasteiger partial charge is 0.466 e. The molecule has 0 spiro atoms. The van der Waals surface area contributed by atoms with Gasteiger partial charge in [0.1, 0.15) is 5.60 Å². The molecule has 2 aliphatic rings. The van der Waals surface area contributed by atoms with Gasteiger partial charge in [-0.25, -0.2) is 9.59 Å². The number of hydrogen-bond acceptors (Lipinski definition) is 4. The van der Waals surface area contributed by atoms with Crippen LogP contribution in [0.3, 0.4) is 0 Å². The van der Waals surface area contributed by atoms with Gasteiger partial charge in [-0.15, -0.1) is 0 Å². The third-order valence-electron chi connectivity index (χ3n) is 3.98. The van der Waals surface area contributed by atoms with Crippen LogP contribution >= 0.6 is 0 Å². The Morgan fingerprint density at radius 3 is 2.24 bits per heavy atom. The lowest BCUT2D eigenvalue weighted by Gasteiger charge is -2.46. The van der Waals surface area contributed by atoms with Crippen LogP contribution in [0.1, 0.15) is 52.9 Å². The Morgan fingerprint density at radius 1 is 1.19 bits per heavy atom. The quantitative estimate of drug-likeness (QED) is 0.551. The lowest BCUT2D eigenvalue weighted by atomic mass is 9.82. The summed E-state index contributed by atoms with van der Waals surface area (Å²) in [5.74, 6) is -0.311. The van der Waals surface area contributed by atoms with E-state index in [0.29, 0.717) is 0 Å². The molecule has 5 heteroatoms. The van der Waals surface area contributed by atoms with E-state index in [-0.39, 0.29) is 24.1 Å². The first-order valence-electron chi connectivity index (χ1n) is 7.59. The number of esters is 1. The summed E-state index contributed by atoms with van der Waals surface area (Å²) in [6, 6.07) is 0.284. The van der Waals surface area contributed by atoms with E-state index < -0.39 is 5.60 Å². The molecule has 0 aromatic rings. The number of nitrogens with zero attached hydrogens (tertiary/aromatic N) is 1. The molecule has 2 unspecified atom stereocenters. The molecule has 0 radical (unpaired) electrons. The van der Waals surface area contributed by atoms with Gasteiger partial charge in [0.25, 0.3) is 0 Å². The molecule has 21 heavy (non-hydrogen) atoms. The molecule has 0 aromatic carbocycles. The summed E-state index contributed by atoms with van der Waals surface area (Å²) in [7, 11) is 1.38. The van der Waals surface area contributed by atoms with Crippen molar-refractivity contribution in [2.24, 2.45) is 0 Å². The second-order valence-corrected chi connectivity index (χ2v) is 6.86. The summed E-state index contributed by atoms with van der Waals surface area (Å²) in [4.78, 5) is 25.7. The van der Waals surface area contributed by atoms with Gasteiger partial charge in [0.2, 0.25) is 0 Å². The first-order valence-corrected chi connectivity index (χ1v) is 7.59. The lowest BCUT2D eigenvalue weighted by molar-refractivity contribution is -0.134. The molecule has 2 saturated heterocycles. The van der Waals surface area contributed by atoms with Crippen molar-refractivity contribution in [2.75, 3.05) is 7.11 Å². The summed E-state index contributed by atoms with van der Waals surface area (Å²) in [6.45, 7) is 5.65. The molecule has 118 valence electrons. The minimum atomic E-state index is -0.479. The molecule has 0 aromatic heterocycles. The zero-order chi connectivity index (χ0) is 15.6. The Hall–Kier alpha value is -1.52. The van der Waals surface area contributed by atoms with Crippen LogP contribution in [0.2, 0.25) is 0 Å². The van der Waals surface area contributed by atoms with E-state index in [4.69, 9.17) is 9.47 Å². The van der Waals surface area contributed by atoms with Crippen molar-refractivity contribution in [2.45, 2.75) is 70.6 Å². The van der Waals surface area contributed by atoms with Crippen LogP contribution in [0.5, 0.6) is 0 Å². The average molecular weight is 295 g/mol. The number of carbonyl (C=O) groups is 2. The molecule has 2 bridgehead atoms. The van der Waals surface area contributed by atoms with E-state index in [1.54, 1.807) is 6.08 Å². The maximum Gasteiger partial charge on any atom is 0.410 e. The maximum atomic E-state index is 12.4. The van der Waals surface area contributed by atoms with Gasteiger partial charge in [-0.05, 0) is 52.9 Å². The van der Waals surface area contributed by atoms with Crippen molar-refractivity contribution in [3.8, 4) is 0 Å². The molecular weight excluding hydrogens is 270 g/mol. The first kappa shape index (κ1) is 15.9. The molecule has 0 N–H and O–H groups in total. The fourth-order valence-electron chi connectivity index (χ4n) is 3.21. The average Bonchev–Trinajstić information content (AvgIpc) is 2.35. The highest BCUT2D eigenvalue weighted by atomic mass is 16.6. The summed E-state index contributed by atoms with van der Waals surface area (Å²) >= 11 is 0. The van der Waals surface area contributed by atoms with Crippen LogP contribution in [0.15, 0.2) is 11.6 Å². The molecule has 5 nitrogen and oxygen atoms in total. The number of piperidine rings is 2. The highest BCUT2D eigenvalue weighted by Crippen LogP contribution is 2.37. The molecular formula is C16H25NO4. The van der Waals surface area contributed by atoms with Crippen LogP contribution in [0, 0.1) is 0 Å². The summed E-state index contributed by atoms with van der Waals surface area (Å²) in [5, 5.41) is 0. The third kappa shape index (κ3) is 3.99. The Bertz CT molecular complexity index is 434. The summed E-state index contributed by atoms with van der Waals surface area (Å²) in [6.07, 6.45) is 5.89. The van der Waals surface area contributed by atoms with E-state index in [0.717, 1.165) is 37.7 Å². The summed E-state index contributed by atoms with van der Waals surface area (Å²) in [5.41, 5.74) is 0.601. The fourth-order valence-corrected chi connectivity index (χ4v) is 3.21. The predicted molar refractivity (Wildman–Crippen MR) is 78.8 cm³/mol. The lowest BCUT2D eigenvalue weighted by Crippen LogP contribution is -2.54. The van der Waals surface area contributed by atoms with Crippen LogP contribution in [0.25, 0.3) is 0 Å². The molecule has 2 aliphatic heterocycles. The molecule has 2 atom stereocenters. The second-order valence-electron chi connectivity index (χ2n) is 6.86. The Balaban J connectivity index is 2.11. The van der Waals surface area contributed by atoms with Crippen molar-refractivity contribution < 1.29 is 19.1 Å². The number of carbonyl (C=O) groups excluding carboxylic acids is 2. The van der Waals surface area contributed by atoms with Crippen molar-refractivity contribution in [3.05, 3.63) is 11.6 Å². The van der Waals surface area contributed by atoms with E-state index in [2.05, 4.69) is 0 Å². The Kier molecular flexibility index (Phi) is 4.59. The van der Waals surface area contributed by atoms with Crippen molar-refractivity contribution >= 4 is 12.1 Å². The molecule has 0 aliphatic carbocycles. The number of ether oxygens (including phenoxy) is 2. The van der Waals surface area contributed by atoms with Crippen molar-refractivity contribution in [1.29, 1.82) is 0 Å². The number of amides is 1. The normalized spacial score (nSPS) is 25.3. The van der Waals surface area contributed by atoms with Gasteiger partial charge in [0, 0.05) is 18.2 Å². The van der Waals surface area contributed by atoms with Crippen molar-refractivity contribution in [1.82, 2.24) is 4.90 Å². The number of hydrogen-bond donors (Lipinski definition) is 0.